The second kappa shape index (κ2) is 6.36. The smallest absolute Gasteiger partial charge is 0.123 e. The lowest BCUT2D eigenvalue weighted by Crippen LogP contribution is -2.21. The Hall–Kier alpha value is -1.85. The Bertz CT molecular complexity index is 530. The molecule has 19 heavy (non-hydrogen) atoms. The Labute approximate surface area is 111 Å². The SMILES string of the molecule is Cc1cnc(CNCC(O)c2cccc(F)c2)cn1. The van der Waals surface area contributed by atoms with Crippen molar-refractivity contribution in [1.82, 2.24) is 15.3 Å². The van der Waals surface area contributed by atoms with Crippen LogP contribution in [0.5, 0.6) is 0 Å². The quantitative estimate of drug-likeness (QED) is 0.861. The van der Waals surface area contributed by atoms with Crippen molar-refractivity contribution in [2.24, 2.45) is 0 Å². The van der Waals surface area contributed by atoms with Crippen LogP contribution in [0.4, 0.5) is 4.39 Å². The van der Waals surface area contributed by atoms with Crippen molar-refractivity contribution in [3.05, 3.63) is 59.4 Å². The third kappa shape index (κ3) is 4.08. The molecule has 2 N–H and O–H groups in total. The lowest BCUT2D eigenvalue weighted by Gasteiger charge is -2.12. The molecule has 0 radical (unpaired) electrons. The number of aliphatic hydroxyl groups excluding tert-OH is 1. The average molecular weight is 261 g/mol. The third-order valence-electron chi connectivity index (χ3n) is 2.71. The minimum absolute atomic E-state index is 0.332. The summed E-state index contributed by atoms with van der Waals surface area (Å²) in [5.74, 6) is -0.346. The number of aromatic nitrogens is 2. The first-order valence-electron chi connectivity index (χ1n) is 6.07. The summed E-state index contributed by atoms with van der Waals surface area (Å²) < 4.78 is 13.0. The highest BCUT2D eigenvalue weighted by molar-refractivity contribution is 5.19. The van der Waals surface area contributed by atoms with Crippen molar-refractivity contribution in [3.8, 4) is 0 Å². The van der Waals surface area contributed by atoms with Gasteiger partial charge in [0.1, 0.15) is 5.82 Å². The van der Waals surface area contributed by atoms with Gasteiger partial charge in [0.05, 0.1) is 17.5 Å². The second-order valence-corrected chi connectivity index (χ2v) is 4.35. The Balaban J connectivity index is 1.84. The average Bonchev–Trinajstić information content (AvgIpc) is 2.41. The summed E-state index contributed by atoms with van der Waals surface area (Å²) in [7, 11) is 0. The number of nitrogens with one attached hydrogen (secondary N) is 1. The summed E-state index contributed by atoms with van der Waals surface area (Å²) in [6.45, 7) is 2.72. The first-order chi connectivity index (χ1) is 9.15. The predicted molar refractivity (Wildman–Crippen MR) is 69.8 cm³/mol. The standard InChI is InChI=1S/C14H16FN3O/c1-10-6-18-13(8-17-10)7-16-9-14(19)11-3-2-4-12(15)5-11/h2-6,8,14,16,19H,7,9H2,1H3. The van der Waals surface area contributed by atoms with Gasteiger partial charge in [-0.15, -0.1) is 0 Å². The van der Waals surface area contributed by atoms with Crippen molar-refractivity contribution in [2.75, 3.05) is 6.54 Å². The molecule has 0 aliphatic carbocycles. The molecule has 1 unspecified atom stereocenters. The van der Waals surface area contributed by atoms with E-state index in [1.165, 1.54) is 12.1 Å². The number of hydrogen-bond acceptors (Lipinski definition) is 4. The third-order valence-corrected chi connectivity index (χ3v) is 2.71. The second-order valence-electron chi connectivity index (χ2n) is 4.35. The molecule has 2 rings (SSSR count). The molecule has 1 aromatic carbocycles. The van der Waals surface area contributed by atoms with Crippen LogP contribution in [0.25, 0.3) is 0 Å². The molecule has 2 aromatic rings. The van der Waals surface area contributed by atoms with Gasteiger partial charge in [-0.05, 0) is 24.6 Å². The molecule has 1 atom stereocenters. The zero-order valence-electron chi connectivity index (χ0n) is 10.7. The first-order valence-corrected chi connectivity index (χ1v) is 6.07. The van der Waals surface area contributed by atoms with Crippen molar-refractivity contribution in [2.45, 2.75) is 19.6 Å². The lowest BCUT2D eigenvalue weighted by atomic mass is 10.1. The minimum atomic E-state index is -0.742. The van der Waals surface area contributed by atoms with E-state index < -0.39 is 6.10 Å². The molecule has 1 aromatic heterocycles. The van der Waals surface area contributed by atoms with E-state index >= 15 is 0 Å². The number of aryl methyl sites for hydroxylation is 1. The minimum Gasteiger partial charge on any atom is -0.387 e. The van der Waals surface area contributed by atoms with E-state index in [4.69, 9.17) is 0 Å². The molecule has 0 saturated carbocycles. The van der Waals surface area contributed by atoms with Crippen LogP contribution in [0.3, 0.4) is 0 Å². The van der Waals surface area contributed by atoms with Crippen LogP contribution in [-0.2, 0) is 6.54 Å². The van der Waals surface area contributed by atoms with Gasteiger partial charge in [-0.2, -0.15) is 0 Å². The highest BCUT2D eigenvalue weighted by Crippen LogP contribution is 2.13. The van der Waals surface area contributed by atoms with Crippen LogP contribution >= 0.6 is 0 Å². The van der Waals surface area contributed by atoms with E-state index in [1.807, 2.05) is 6.92 Å². The van der Waals surface area contributed by atoms with E-state index in [1.54, 1.807) is 24.5 Å². The molecule has 0 aliphatic rings. The maximum Gasteiger partial charge on any atom is 0.123 e. The molecule has 0 saturated heterocycles. The Morgan fingerprint density at radius 2 is 2.16 bits per heavy atom. The van der Waals surface area contributed by atoms with Gasteiger partial charge < -0.3 is 10.4 Å². The van der Waals surface area contributed by atoms with Gasteiger partial charge in [-0.1, -0.05) is 12.1 Å². The molecule has 0 amide bonds. The normalized spacial score (nSPS) is 12.4. The largest absolute Gasteiger partial charge is 0.387 e. The Kier molecular flexibility index (Phi) is 4.54. The number of benzene rings is 1. The summed E-state index contributed by atoms with van der Waals surface area (Å²) in [5.41, 5.74) is 2.23. The topological polar surface area (TPSA) is 58.0 Å². The monoisotopic (exact) mass is 261 g/mol. The number of hydrogen-bond donors (Lipinski definition) is 2. The Morgan fingerprint density at radius 3 is 2.84 bits per heavy atom. The summed E-state index contributed by atoms with van der Waals surface area (Å²) in [6, 6.07) is 5.96. The molecular weight excluding hydrogens is 245 g/mol. The van der Waals surface area contributed by atoms with Crippen LogP contribution in [-0.4, -0.2) is 21.6 Å². The van der Waals surface area contributed by atoms with Gasteiger partial charge in [-0.3, -0.25) is 9.97 Å². The van der Waals surface area contributed by atoms with E-state index in [2.05, 4.69) is 15.3 Å². The molecule has 0 fully saturated rings. The van der Waals surface area contributed by atoms with Crippen molar-refractivity contribution in [3.63, 3.8) is 0 Å². The fourth-order valence-electron chi connectivity index (χ4n) is 1.68. The highest BCUT2D eigenvalue weighted by atomic mass is 19.1. The summed E-state index contributed by atoms with van der Waals surface area (Å²) >= 11 is 0. The maximum absolute atomic E-state index is 13.0. The summed E-state index contributed by atoms with van der Waals surface area (Å²) in [4.78, 5) is 8.33. The van der Waals surface area contributed by atoms with E-state index in [9.17, 15) is 9.50 Å². The van der Waals surface area contributed by atoms with Gasteiger partial charge in [-0.25, -0.2) is 4.39 Å². The van der Waals surface area contributed by atoms with Crippen molar-refractivity contribution >= 4 is 0 Å². The van der Waals surface area contributed by atoms with E-state index in [0.29, 0.717) is 18.7 Å². The predicted octanol–water partition coefficient (Wildman–Crippen LogP) is 1.75. The zero-order valence-corrected chi connectivity index (χ0v) is 10.7. The molecule has 1 heterocycles. The molecule has 5 heteroatoms. The molecule has 100 valence electrons. The first kappa shape index (κ1) is 13.6. The van der Waals surface area contributed by atoms with Gasteiger partial charge >= 0.3 is 0 Å². The number of rotatable bonds is 5. The van der Waals surface area contributed by atoms with Crippen LogP contribution in [0.1, 0.15) is 23.1 Å². The zero-order chi connectivity index (χ0) is 13.7. The van der Waals surface area contributed by atoms with Crippen molar-refractivity contribution in [1.29, 1.82) is 0 Å². The van der Waals surface area contributed by atoms with Crippen molar-refractivity contribution < 1.29 is 9.50 Å². The molecule has 0 aliphatic heterocycles. The van der Waals surface area contributed by atoms with Gasteiger partial charge in [0.2, 0.25) is 0 Å². The molecule has 4 nitrogen and oxygen atoms in total. The summed E-state index contributed by atoms with van der Waals surface area (Å²) in [5, 5.41) is 13.0. The molecule has 0 bridgehead atoms. The fourth-order valence-corrected chi connectivity index (χ4v) is 1.68. The van der Waals surface area contributed by atoms with Gasteiger partial charge in [0.15, 0.2) is 0 Å². The highest BCUT2D eigenvalue weighted by Gasteiger charge is 2.07. The van der Waals surface area contributed by atoms with Crippen LogP contribution in [0.15, 0.2) is 36.7 Å². The van der Waals surface area contributed by atoms with Crippen LogP contribution < -0.4 is 5.32 Å². The lowest BCUT2D eigenvalue weighted by molar-refractivity contribution is 0.174. The number of halogens is 1. The number of nitrogens with zero attached hydrogens (tertiary/aromatic N) is 2. The van der Waals surface area contributed by atoms with Gasteiger partial charge in [0, 0.05) is 25.5 Å². The fraction of sp³-hybridized carbons (Fsp3) is 0.286. The van der Waals surface area contributed by atoms with Crippen LogP contribution in [0.2, 0.25) is 0 Å². The summed E-state index contributed by atoms with van der Waals surface area (Å²) in [6.07, 6.45) is 2.64. The molecule has 0 spiro atoms. The number of aliphatic hydroxyl groups is 1. The van der Waals surface area contributed by atoms with Crippen LogP contribution in [0, 0.1) is 12.7 Å². The van der Waals surface area contributed by atoms with E-state index in [0.717, 1.165) is 11.4 Å². The maximum atomic E-state index is 13.0. The van der Waals surface area contributed by atoms with Gasteiger partial charge in [0.25, 0.3) is 0 Å². The van der Waals surface area contributed by atoms with E-state index in [-0.39, 0.29) is 5.82 Å². The Morgan fingerprint density at radius 1 is 1.32 bits per heavy atom. The molecular formula is C14H16FN3O.